The lowest BCUT2D eigenvalue weighted by molar-refractivity contribution is -0.209. The molecule has 100 valence electrons. The Morgan fingerprint density at radius 3 is 2.29 bits per heavy atom. The SMILES string of the molecule is CCCCOC(=O)N(CC(=O)O)OC(C)(C)C. The number of carboxylic acid groups (broad SMARTS) is 1. The van der Waals surface area contributed by atoms with Gasteiger partial charge in [-0.1, -0.05) is 13.3 Å². The third-order valence-corrected chi connectivity index (χ3v) is 1.59. The zero-order valence-corrected chi connectivity index (χ0v) is 10.9. The van der Waals surface area contributed by atoms with Crippen molar-refractivity contribution in [1.29, 1.82) is 0 Å². The molecule has 0 aromatic rings. The number of hydrogen-bond donors (Lipinski definition) is 1. The van der Waals surface area contributed by atoms with Crippen LogP contribution in [0.1, 0.15) is 40.5 Å². The lowest BCUT2D eigenvalue weighted by Crippen LogP contribution is -2.41. The van der Waals surface area contributed by atoms with E-state index < -0.39 is 24.2 Å². The Morgan fingerprint density at radius 1 is 1.29 bits per heavy atom. The number of hydrogen-bond acceptors (Lipinski definition) is 4. The minimum Gasteiger partial charge on any atom is -0.480 e. The number of carbonyl (C=O) groups excluding carboxylic acids is 1. The Kier molecular flexibility index (Phi) is 6.57. The first kappa shape index (κ1) is 15.7. The molecule has 17 heavy (non-hydrogen) atoms. The number of carboxylic acids is 1. The fraction of sp³-hybridized carbons (Fsp3) is 0.818. The van der Waals surface area contributed by atoms with Crippen LogP contribution in [0.25, 0.3) is 0 Å². The molecule has 0 radical (unpaired) electrons. The van der Waals surface area contributed by atoms with E-state index >= 15 is 0 Å². The molecule has 1 amide bonds. The molecule has 0 heterocycles. The molecule has 0 fully saturated rings. The number of hydroxylamine groups is 2. The predicted molar refractivity (Wildman–Crippen MR) is 61.4 cm³/mol. The van der Waals surface area contributed by atoms with E-state index in [-0.39, 0.29) is 6.61 Å². The van der Waals surface area contributed by atoms with Crippen molar-refractivity contribution in [2.75, 3.05) is 13.2 Å². The Hall–Kier alpha value is -1.30. The van der Waals surface area contributed by atoms with Crippen molar-refractivity contribution in [3.05, 3.63) is 0 Å². The van der Waals surface area contributed by atoms with E-state index in [0.29, 0.717) is 0 Å². The highest BCUT2D eigenvalue weighted by molar-refractivity contribution is 5.75. The summed E-state index contributed by atoms with van der Waals surface area (Å²) >= 11 is 0. The van der Waals surface area contributed by atoms with E-state index in [0.717, 1.165) is 17.9 Å². The van der Waals surface area contributed by atoms with Gasteiger partial charge in [0.2, 0.25) is 0 Å². The van der Waals surface area contributed by atoms with Crippen LogP contribution in [0.4, 0.5) is 4.79 Å². The molecule has 6 heteroatoms. The second-order valence-corrected chi connectivity index (χ2v) is 4.60. The largest absolute Gasteiger partial charge is 0.480 e. The van der Waals surface area contributed by atoms with Gasteiger partial charge in [-0.05, 0) is 27.2 Å². The summed E-state index contributed by atoms with van der Waals surface area (Å²) in [5.74, 6) is -1.15. The van der Waals surface area contributed by atoms with Gasteiger partial charge in [0.15, 0.2) is 0 Å². The van der Waals surface area contributed by atoms with Crippen LogP contribution in [0.2, 0.25) is 0 Å². The molecule has 0 saturated heterocycles. The highest BCUT2D eigenvalue weighted by Gasteiger charge is 2.25. The first-order chi connectivity index (χ1) is 7.76. The number of nitrogens with zero attached hydrogens (tertiary/aromatic N) is 1. The van der Waals surface area contributed by atoms with Crippen LogP contribution in [-0.4, -0.2) is 41.0 Å². The maximum absolute atomic E-state index is 11.5. The smallest absolute Gasteiger partial charge is 0.434 e. The summed E-state index contributed by atoms with van der Waals surface area (Å²) in [7, 11) is 0. The summed E-state index contributed by atoms with van der Waals surface area (Å²) in [5.41, 5.74) is -0.654. The van der Waals surface area contributed by atoms with Crippen LogP contribution in [0.5, 0.6) is 0 Å². The van der Waals surface area contributed by atoms with E-state index in [1.807, 2.05) is 6.92 Å². The van der Waals surface area contributed by atoms with Crippen molar-refractivity contribution in [2.24, 2.45) is 0 Å². The van der Waals surface area contributed by atoms with Gasteiger partial charge in [0, 0.05) is 0 Å². The number of aliphatic carboxylic acids is 1. The van der Waals surface area contributed by atoms with Gasteiger partial charge in [-0.15, -0.1) is 0 Å². The maximum Gasteiger partial charge on any atom is 0.434 e. The molecule has 1 N–H and O–H groups in total. The van der Waals surface area contributed by atoms with E-state index in [9.17, 15) is 9.59 Å². The van der Waals surface area contributed by atoms with Crippen molar-refractivity contribution in [3.8, 4) is 0 Å². The van der Waals surface area contributed by atoms with E-state index in [4.69, 9.17) is 14.7 Å². The fourth-order valence-corrected chi connectivity index (χ4v) is 0.963. The van der Waals surface area contributed by atoms with Crippen LogP contribution >= 0.6 is 0 Å². The normalized spacial score (nSPS) is 11.1. The number of unbranched alkanes of at least 4 members (excludes halogenated alkanes) is 1. The quantitative estimate of drug-likeness (QED) is 0.574. The van der Waals surface area contributed by atoms with Crippen molar-refractivity contribution in [3.63, 3.8) is 0 Å². The molecule has 0 aliphatic carbocycles. The Bertz CT molecular complexity index is 259. The van der Waals surface area contributed by atoms with Gasteiger partial charge >= 0.3 is 12.1 Å². The monoisotopic (exact) mass is 247 g/mol. The molecule has 0 aromatic carbocycles. The van der Waals surface area contributed by atoms with Gasteiger partial charge in [-0.25, -0.2) is 4.79 Å². The first-order valence-corrected chi connectivity index (χ1v) is 5.61. The standard InChI is InChI=1S/C11H21NO5/c1-5-6-7-16-10(15)12(8-9(13)14)17-11(2,3)4/h5-8H2,1-4H3,(H,13,14). The molecule has 0 saturated carbocycles. The highest BCUT2D eigenvalue weighted by Crippen LogP contribution is 2.11. The second kappa shape index (κ2) is 7.11. The first-order valence-electron chi connectivity index (χ1n) is 5.61. The molecule has 0 bridgehead atoms. The number of rotatable bonds is 6. The minimum atomic E-state index is -1.15. The van der Waals surface area contributed by atoms with Gasteiger partial charge in [-0.3, -0.25) is 9.63 Å². The summed E-state index contributed by atoms with van der Waals surface area (Å²) in [4.78, 5) is 27.4. The topological polar surface area (TPSA) is 76.1 Å². The zero-order valence-electron chi connectivity index (χ0n) is 10.9. The third-order valence-electron chi connectivity index (χ3n) is 1.59. The zero-order chi connectivity index (χ0) is 13.5. The maximum atomic E-state index is 11.5. The van der Waals surface area contributed by atoms with E-state index in [1.165, 1.54) is 0 Å². The molecule has 0 aromatic heterocycles. The van der Waals surface area contributed by atoms with E-state index in [2.05, 4.69) is 0 Å². The fourth-order valence-electron chi connectivity index (χ4n) is 0.963. The Labute approximate surface area is 101 Å². The molecule has 0 atom stereocenters. The predicted octanol–water partition coefficient (Wildman–Crippen LogP) is 2.04. The van der Waals surface area contributed by atoms with Crippen molar-refractivity contribution in [1.82, 2.24) is 5.06 Å². The molecule has 0 aliphatic heterocycles. The Morgan fingerprint density at radius 2 is 1.88 bits per heavy atom. The van der Waals surface area contributed by atoms with Gasteiger partial charge in [0.25, 0.3) is 0 Å². The van der Waals surface area contributed by atoms with Crippen LogP contribution in [0, 0.1) is 0 Å². The second-order valence-electron chi connectivity index (χ2n) is 4.60. The van der Waals surface area contributed by atoms with Crippen LogP contribution < -0.4 is 0 Å². The molecule has 6 nitrogen and oxygen atoms in total. The molecule has 0 rings (SSSR count). The highest BCUT2D eigenvalue weighted by atomic mass is 16.7. The molecular formula is C11H21NO5. The number of ether oxygens (including phenoxy) is 1. The average molecular weight is 247 g/mol. The van der Waals surface area contributed by atoms with Gasteiger partial charge in [0.1, 0.15) is 6.54 Å². The lowest BCUT2D eigenvalue weighted by atomic mass is 10.2. The van der Waals surface area contributed by atoms with Crippen molar-refractivity contribution in [2.45, 2.75) is 46.1 Å². The van der Waals surface area contributed by atoms with Gasteiger partial charge in [0.05, 0.1) is 12.2 Å². The minimum absolute atomic E-state index is 0.263. The summed E-state index contributed by atoms with van der Waals surface area (Å²) in [6, 6.07) is 0. The molecular weight excluding hydrogens is 226 g/mol. The number of carbonyl (C=O) groups is 2. The Balaban J connectivity index is 4.35. The molecule has 0 unspecified atom stereocenters. The van der Waals surface area contributed by atoms with E-state index in [1.54, 1.807) is 20.8 Å². The summed E-state index contributed by atoms with van der Waals surface area (Å²) in [6.45, 7) is 6.86. The average Bonchev–Trinajstić information content (AvgIpc) is 2.14. The van der Waals surface area contributed by atoms with Crippen LogP contribution in [0.3, 0.4) is 0 Å². The van der Waals surface area contributed by atoms with Gasteiger partial charge < -0.3 is 9.84 Å². The number of amides is 1. The third kappa shape index (κ3) is 8.50. The summed E-state index contributed by atoms with van der Waals surface area (Å²) in [5, 5.41) is 9.41. The van der Waals surface area contributed by atoms with Crippen LogP contribution in [0.15, 0.2) is 0 Å². The van der Waals surface area contributed by atoms with Crippen molar-refractivity contribution >= 4 is 12.1 Å². The summed E-state index contributed by atoms with van der Waals surface area (Å²) in [6.07, 6.45) is 0.866. The molecule has 0 aliphatic rings. The lowest BCUT2D eigenvalue weighted by Gasteiger charge is -2.27. The summed E-state index contributed by atoms with van der Waals surface area (Å²) < 4.78 is 4.89. The van der Waals surface area contributed by atoms with Crippen LogP contribution in [-0.2, 0) is 14.4 Å². The molecule has 0 spiro atoms. The van der Waals surface area contributed by atoms with Gasteiger partial charge in [-0.2, -0.15) is 5.06 Å². The van der Waals surface area contributed by atoms with Crippen molar-refractivity contribution < 1.29 is 24.3 Å².